The van der Waals surface area contributed by atoms with Crippen LogP contribution in [0.1, 0.15) is 35.1 Å². The number of anilines is 2. The van der Waals surface area contributed by atoms with Crippen LogP contribution >= 0.6 is 0 Å². The largest absolute Gasteiger partial charge is 0.451 e. The van der Waals surface area contributed by atoms with Crippen LogP contribution in [0.4, 0.5) is 16.3 Å². The number of ether oxygens (including phenoxy) is 1. The number of aliphatic imine (C=N–C) groups is 1. The molecular weight excluding hydrogens is 526 g/mol. The second-order valence-corrected chi connectivity index (χ2v) is 8.92. The van der Waals surface area contributed by atoms with Crippen LogP contribution < -0.4 is 16.0 Å². The number of rotatable bonds is 12. The number of hydrogen-bond donors (Lipinski definition) is 2. The Labute approximate surface area is 237 Å². The van der Waals surface area contributed by atoms with Crippen molar-refractivity contribution in [3.05, 3.63) is 83.8 Å². The minimum absolute atomic E-state index is 0.0737. The van der Waals surface area contributed by atoms with Crippen molar-refractivity contribution in [1.29, 1.82) is 0 Å². The normalized spacial score (nSPS) is 11.4. The molecule has 214 valence electrons. The molecule has 0 fully saturated rings. The van der Waals surface area contributed by atoms with Crippen LogP contribution in [0.2, 0.25) is 0 Å². The third-order valence-electron chi connectivity index (χ3n) is 6.22. The predicted molar refractivity (Wildman–Crippen MR) is 156 cm³/mol. The van der Waals surface area contributed by atoms with Gasteiger partial charge in [-0.05, 0) is 67.9 Å². The number of amides is 2. The average Bonchev–Trinajstić information content (AvgIpc) is 3.32. The van der Waals surface area contributed by atoms with E-state index >= 15 is 0 Å². The molecule has 41 heavy (non-hydrogen) atoms. The number of methoxy groups -OCH3 is 1. The van der Waals surface area contributed by atoms with Crippen molar-refractivity contribution in [3.8, 4) is 0 Å². The van der Waals surface area contributed by atoms with E-state index in [0.717, 1.165) is 17.0 Å². The number of aryl methyl sites for hydroxylation is 1. The van der Waals surface area contributed by atoms with Crippen LogP contribution in [0.15, 0.2) is 71.9 Å². The van der Waals surface area contributed by atoms with Gasteiger partial charge in [0.05, 0.1) is 37.9 Å². The lowest BCUT2D eigenvalue weighted by molar-refractivity contribution is -0.291. The zero-order chi connectivity index (χ0) is 29.2. The zero-order valence-electron chi connectivity index (χ0n) is 23.2. The van der Waals surface area contributed by atoms with E-state index < -0.39 is 6.09 Å². The number of carbonyl (C=O) groups excluding carboxylic acids is 2. The molecule has 2 amide bonds. The summed E-state index contributed by atoms with van der Waals surface area (Å²) in [5.41, 5.74) is 9.40. The smallest absolute Gasteiger partial charge is 0.435 e. The number of pyridine rings is 1. The summed E-state index contributed by atoms with van der Waals surface area (Å²) >= 11 is 0. The minimum Gasteiger partial charge on any atom is -0.451 e. The Bertz CT molecular complexity index is 1500. The number of hydrogen-bond acceptors (Lipinski definition) is 8. The maximum atomic E-state index is 13.6. The number of carbonyl (C=O) groups is 2. The van der Waals surface area contributed by atoms with E-state index in [1.54, 1.807) is 41.4 Å². The number of nitrogens with one attached hydrogen (secondary N) is 1. The number of fused-ring (bicyclic) bond motifs is 1. The van der Waals surface area contributed by atoms with Gasteiger partial charge in [-0.25, -0.2) is 24.5 Å². The predicted octanol–water partition coefficient (Wildman–Crippen LogP) is 4.06. The Balaban J connectivity index is 1.47. The lowest BCUT2D eigenvalue weighted by atomic mass is 10.1. The summed E-state index contributed by atoms with van der Waals surface area (Å²) in [6, 6.07) is 18.1. The van der Waals surface area contributed by atoms with Gasteiger partial charge in [0.15, 0.2) is 0 Å². The third-order valence-corrected chi connectivity index (χ3v) is 6.22. The Morgan fingerprint density at radius 1 is 1.07 bits per heavy atom. The van der Waals surface area contributed by atoms with E-state index in [2.05, 4.69) is 20.0 Å². The van der Waals surface area contributed by atoms with Crippen LogP contribution in [0, 0.1) is 0 Å². The van der Waals surface area contributed by atoms with Gasteiger partial charge in [0.2, 0.25) is 0 Å². The SMILES string of the molecule is CCOOCCCN(C(=O)c1ccc2c(c1)nc(CNc1ccc(C(N)=NC(=O)OC)cc1)n2C)c1ccccn1. The first-order valence-corrected chi connectivity index (χ1v) is 13.1. The van der Waals surface area contributed by atoms with Crippen molar-refractivity contribution in [2.24, 2.45) is 17.8 Å². The fraction of sp³-hybridized carbons (Fsp3) is 0.276. The van der Waals surface area contributed by atoms with Crippen molar-refractivity contribution >= 4 is 40.4 Å². The van der Waals surface area contributed by atoms with E-state index in [4.69, 9.17) is 20.5 Å². The molecule has 2 heterocycles. The lowest BCUT2D eigenvalue weighted by Crippen LogP contribution is -2.33. The molecule has 0 aliphatic heterocycles. The molecule has 0 radical (unpaired) electrons. The number of aromatic nitrogens is 3. The summed E-state index contributed by atoms with van der Waals surface area (Å²) in [5.74, 6) is 1.24. The molecule has 2 aromatic carbocycles. The molecule has 0 saturated heterocycles. The molecule has 12 heteroatoms. The average molecular weight is 560 g/mol. The standard InChI is InChI=1S/C29H33N7O5/c1-4-40-41-17-7-16-36(25-8-5-6-15-31-25)28(37)21-11-14-24-23(18-21)33-26(35(24)2)19-32-22-12-9-20(10-13-22)27(30)34-29(38)39-3/h5-6,8-15,18,32H,4,7,16-17,19H2,1-3H3,(H2,30,34,38). The van der Waals surface area contributed by atoms with Crippen molar-refractivity contribution in [1.82, 2.24) is 14.5 Å². The Morgan fingerprint density at radius 2 is 1.85 bits per heavy atom. The molecule has 0 saturated carbocycles. The maximum Gasteiger partial charge on any atom is 0.435 e. The highest BCUT2D eigenvalue weighted by atomic mass is 17.2. The molecule has 0 bridgehead atoms. The van der Waals surface area contributed by atoms with Gasteiger partial charge in [0, 0.05) is 36.6 Å². The first-order valence-electron chi connectivity index (χ1n) is 13.1. The van der Waals surface area contributed by atoms with Crippen molar-refractivity contribution in [2.75, 3.05) is 37.1 Å². The van der Waals surface area contributed by atoms with Gasteiger partial charge in [0.25, 0.3) is 5.91 Å². The summed E-state index contributed by atoms with van der Waals surface area (Å²) in [5, 5.41) is 3.33. The van der Waals surface area contributed by atoms with E-state index in [-0.39, 0.29) is 11.7 Å². The monoisotopic (exact) mass is 559 g/mol. The lowest BCUT2D eigenvalue weighted by Gasteiger charge is -2.21. The van der Waals surface area contributed by atoms with Crippen LogP contribution in [0.5, 0.6) is 0 Å². The fourth-order valence-corrected chi connectivity index (χ4v) is 4.10. The molecule has 0 aliphatic carbocycles. The summed E-state index contributed by atoms with van der Waals surface area (Å²) in [6.07, 6.45) is 1.48. The van der Waals surface area contributed by atoms with Gasteiger partial charge in [-0.1, -0.05) is 6.07 Å². The Hall–Kier alpha value is -4.81. The molecule has 3 N–H and O–H groups in total. The number of nitrogens with two attached hydrogens (primary N) is 1. The van der Waals surface area contributed by atoms with Crippen LogP contribution in [0.25, 0.3) is 11.0 Å². The summed E-state index contributed by atoms with van der Waals surface area (Å²) in [7, 11) is 3.17. The molecule has 0 aliphatic rings. The van der Waals surface area contributed by atoms with Gasteiger partial charge in [-0.15, -0.1) is 0 Å². The first kappa shape index (κ1) is 29.2. The van der Waals surface area contributed by atoms with E-state index in [0.29, 0.717) is 55.2 Å². The summed E-state index contributed by atoms with van der Waals surface area (Å²) in [6.45, 7) is 3.52. The van der Waals surface area contributed by atoms with Gasteiger partial charge in [-0.3, -0.25) is 9.69 Å². The second kappa shape index (κ2) is 14.0. The van der Waals surface area contributed by atoms with Crippen molar-refractivity contribution in [2.45, 2.75) is 19.9 Å². The van der Waals surface area contributed by atoms with Crippen LogP contribution in [-0.2, 0) is 28.1 Å². The number of amidine groups is 1. The highest BCUT2D eigenvalue weighted by Crippen LogP contribution is 2.21. The van der Waals surface area contributed by atoms with Gasteiger partial charge in [0.1, 0.15) is 17.5 Å². The Kier molecular flexibility index (Phi) is 9.97. The highest BCUT2D eigenvalue weighted by molar-refractivity contribution is 6.07. The maximum absolute atomic E-state index is 13.6. The molecular formula is C29H33N7O5. The highest BCUT2D eigenvalue weighted by Gasteiger charge is 2.20. The van der Waals surface area contributed by atoms with Crippen molar-refractivity contribution < 1.29 is 24.1 Å². The van der Waals surface area contributed by atoms with Gasteiger partial charge < -0.3 is 20.4 Å². The van der Waals surface area contributed by atoms with Crippen molar-refractivity contribution in [3.63, 3.8) is 0 Å². The van der Waals surface area contributed by atoms with Gasteiger partial charge >= 0.3 is 6.09 Å². The first-order chi connectivity index (χ1) is 19.9. The molecule has 0 spiro atoms. The molecule has 0 atom stereocenters. The van der Waals surface area contributed by atoms with E-state index in [9.17, 15) is 9.59 Å². The minimum atomic E-state index is -0.757. The second-order valence-electron chi connectivity index (χ2n) is 8.92. The number of imidazole rings is 1. The third kappa shape index (κ3) is 7.44. The topological polar surface area (TPSA) is 146 Å². The molecule has 0 unspecified atom stereocenters. The molecule has 4 rings (SSSR count). The zero-order valence-corrected chi connectivity index (χ0v) is 23.2. The van der Waals surface area contributed by atoms with E-state index in [1.165, 1.54) is 7.11 Å². The number of benzene rings is 2. The quantitative estimate of drug-likeness (QED) is 0.0862. The van der Waals surface area contributed by atoms with Gasteiger partial charge in [-0.2, -0.15) is 4.99 Å². The summed E-state index contributed by atoms with van der Waals surface area (Å²) in [4.78, 5) is 49.4. The Morgan fingerprint density at radius 3 is 2.56 bits per heavy atom. The molecule has 12 nitrogen and oxygen atoms in total. The van der Waals surface area contributed by atoms with E-state index in [1.807, 2.05) is 48.9 Å². The summed E-state index contributed by atoms with van der Waals surface area (Å²) < 4.78 is 6.49. The number of nitrogens with zero attached hydrogens (tertiary/aromatic N) is 5. The fourth-order valence-electron chi connectivity index (χ4n) is 4.10. The molecule has 4 aromatic rings. The van der Waals surface area contributed by atoms with Crippen LogP contribution in [0.3, 0.4) is 0 Å². The molecule has 2 aromatic heterocycles. The van der Waals surface area contributed by atoms with Crippen LogP contribution in [-0.4, -0.2) is 59.2 Å².